The van der Waals surface area contributed by atoms with Crippen LogP contribution in [0.5, 0.6) is 0 Å². The van der Waals surface area contributed by atoms with Crippen molar-refractivity contribution < 1.29 is 0 Å². The van der Waals surface area contributed by atoms with Crippen LogP contribution in [-0.2, 0) is 0 Å². The van der Waals surface area contributed by atoms with Crippen LogP contribution < -0.4 is 4.90 Å². The van der Waals surface area contributed by atoms with Crippen molar-refractivity contribution in [2.24, 2.45) is 0 Å². The Hall–Kier alpha value is -1.95. The molecule has 6 heteroatoms. The fourth-order valence-corrected chi connectivity index (χ4v) is 3.09. The quantitative estimate of drug-likeness (QED) is 0.860. The molecule has 118 valence electrons. The average molecular weight is 300 g/mol. The van der Waals surface area contributed by atoms with E-state index in [4.69, 9.17) is 0 Å². The first-order valence-corrected chi connectivity index (χ1v) is 7.88. The molecule has 0 amide bonds. The highest BCUT2D eigenvalue weighted by atomic mass is 15.4. The lowest BCUT2D eigenvalue weighted by Gasteiger charge is -2.37. The lowest BCUT2D eigenvalue weighted by Crippen LogP contribution is -2.47. The molecule has 3 rings (SSSR count). The number of piperazine rings is 1. The molecule has 22 heavy (non-hydrogen) atoms. The zero-order chi connectivity index (χ0) is 15.5. The molecular formula is C16H24N6. The molecule has 1 aliphatic heterocycles. The average Bonchev–Trinajstić information content (AvgIpc) is 3.01. The third kappa shape index (κ3) is 3.44. The van der Waals surface area contributed by atoms with E-state index in [0.29, 0.717) is 6.04 Å². The Bertz CT molecular complexity index is 581. The van der Waals surface area contributed by atoms with Crippen LogP contribution in [0, 0.1) is 13.8 Å². The van der Waals surface area contributed by atoms with Crippen LogP contribution in [0.1, 0.15) is 24.4 Å². The van der Waals surface area contributed by atoms with E-state index in [1.165, 1.54) is 5.69 Å². The number of rotatable bonds is 4. The number of anilines is 1. The van der Waals surface area contributed by atoms with E-state index in [2.05, 4.69) is 57.8 Å². The first-order chi connectivity index (χ1) is 10.6. The van der Waals surface area contributed by atoms with Gasteiger partial charge in [0, 0.05) is 49.8 Å². The van der Waals surface area contributed by atoms with Crippen LogP contribution >= 0.6 is 0 Å². The van der Waals surface area contributed by atoms with E-state index in [1.54, 1.807) is 12.7 Å². The second-order valence-electron chi connectivity index (χ2n) is 6.12. The Morgan fingerprint density at radius 1 is 1.09 bits per heavy atom. The molecule has 1 saturated heterocycles. The number of hydrogen-bond donors (Lipinski definition) is 0. The fourth-order valence-electron chi connectivity index (χ4n) is 3.09. The molecule has 1 unspecified atom stereocenters. The number of hydrogen-bond acceptors (Lipinski definition) is 5. The summed E-state index contributed by atoms with van der Waals surface area (Å²) in [4.78, 5) is 13.4. The van der Waals surface area contributed by atoms with Crippen LogP contribution in [0.15, 0.2) is 24.8 Å². The predicted octanol–water partition coefficient (Wildman–Crippen LogP) is 1.67. The molecule has 0 spiro atoms. The third-order valence-electron chi connectivity index (χ3n) is 4.21. The standard InChI is InChI=1S/C16H24N6/c1-13-8-16(9-14(2)19-13)21-6-4-20(5-7-21)10-15(3)22-12-17-11-18-22/h8-9,11-12,15H,4-7,10H2,1-3H3. The van der Waals surface area contributed by atoms with Gasteiger partial charge in [-0.15, -0.1) is 0 Å². The smallest absolute Gasteiger partial charge is 0.137 e. The summed E-state index contributed by atoms with van der Waals surface area (Å²) in [6.45, 7) is 11.6. The lowest BCUT2D eigenvalue weighted by atomic mass is 10.2. The van der Waals surface area contributed by atoms with Crippen molar-refractivity contribution >= 4 is 5.69 Å². The SMILES string of the molecule is Cc1cc(N2CCN(CC(C)n3cncn3)CC2)cc(C)n1. The molecule has 0 aliphatic carbocycles. The van der Waals surface area contributed by atoms with Gasteiger partial charge in [0.05, 0.1) is 6.04 Å². The maximum atomic E-state index is 4.46. The summed E-state index contributed by atoms with van der Waals surface area (Å²) in [5, 5.41) is 4.23. The molecule has 0 aromatic carbocycles. The van der Waals surface area contributed by atoms with Gasteiger partial charge in [-0.05, 0) is 32.9 Å². The van der Waals surface area contributed by atoms with Crippen LogP contribution in [0.25, 0.3) is 0 Å². The highest BCUT2D eigenvalue weighted by Crippen LogP contribution is 2.19. The summed E-state index contributed by atoms with van der Waals surface area (Å²) in [7, 11) is 0. The Morgan fingerprint density at radius 3 is 2.36 bits per heavy atom. The maximum Gasteiger partial charge on any atom is 0.137 e. The van der Waals surface area contributed by atoms with E-state index < -0.39 is 0 Å². The van der Waals surface area contributed by atoms with Gasteiger partial charge in [0.1, 0.15) is 12.7 Å². The monoisotopic (exact) mass is 300 g/mol. The summed E-state index contributed by atoms with van der Waals surface area (Å²) in [5.41, 5.74) is 3.49. The van der Waals surface area contributed by atoms with Crippen LogP contribution in [0.2, 0.25) is 0 Å². The molecule has 1 atom stereocenters. The minimum absolute atomic E-state index is 0.361. The molecule has 1 fully saturated rings. The fraction of sp³-hybridized carbons (Fsp3) is 0.562. The second-order valence-corrected chi connectivity index (χ2v) is 6.12. The highest BCUT2D eigenvalue weighted by molar-refractivity contribution is 5.48. The molecule has 1 aliphatic rings. The summed E-state index contributed by atoms with van der Waals surface area (Å²) in [6, 6.07) is 4.72. The molecule has 3 heterocycles. The molecule has 6 nitrogen and oxygen atoms in total. The Labute approximate surface area is 131 Å². The second kappa shape index (κ2) is 6.44. The van der Waals surface area contributed by atoms with Crippen molar-refractivity contribution in [3.63, 3.8) is 0 Å². The Morgan fingerprint density at radius 2 is 1.77 bits per heavy atom. The van der Waals surface area contributed by atoms with Crippen molar-refractivity contribution in [3.8, 4) is 0 Å². The van der Waals surface area contributed by atoms with Gasteiger partial charge in [-0.1, -0.05) is 0 Å². The zero-order valence-corrected chi connectivity index (χ0v) is 13.6. The third-order valence-corrected chi connectivity index (χ3v) is 4.21. The highest BCUT2D eigenvalue weighted by Gasteiger charge is 2.20. The van der Waals surface area contributed by atoms with Gasteiger partial charge in [-0.2, -0.15) is 5.10 Å². The topological polar surface area (TPSA) is 50.1 Å². The lowest BCUT2D eigenvalue weighted by molar-refractivity contribution is 0.220. The van der Waals surface area contributed by atoms with Crippen molar-refractivity contribution in [1.29, 1.82) is 0 Å². The number of nitrogens with zero attached hydrogens (tertiary/aromatic N) is 6. The van der Waals surface area contributed by atoms with E-state index in [0.717, 1.165) is 44.1 Å². The Kier molecular flexibility index (Phi) is 4.38. The first kappa shape index (κ1) is 15.0. The molecule has 0 radical (unpaired) electrons. The number of pyridine rings is 1. The van der Waals surface area contributed by atoms with E-state index in [9.17, 15) is 0 Å². The van der Waals surface area contributed by atoms with Gasteiger partial charge >= 0.3 is 0 Å². The maximum absolute atomic E-state index is 4.46. The molecule has 0 bridgehead atoms. The molecule has 2 aromatic heterocycles. The number of aromatic nitrogens is 4. The molecule has 2 aromatic rings. The van der Waals surface area contributed by atoms with Gasteiger partial charge in [0.15, 0.2) is 0 Å². The van der Waals surface area contributed by atoms with Crippen LogP contribution in [0.3, 0.4) is 0 Å². The van der Waals surface area contributed by atoms with Crippen molar-refractivity contribution in [2.45, 2.75) is 26.8 Å². The molecule has 0 saturated carbocycles. The van der Waals surface area contributed by atoms with Crippen molar-refractivity contribution in [3.05, 3.63) is 36.2 Å². The van der Waals surface area contributed by atoms with E-state index in [1.807, 2.05) is 4.68 Å². The largest absolute Gasteiger partial charge is 0.369 e. The van der Waals surface area contributed by atoms with Gasteiger partial charge in [-0.3, -0.25) is 9.88 Å². The van der Waals surface area contributed by atoms with Gasteiger partial charge in [-0.25, -0.2) is 9.67 Å². The first-order valence-electron chi connectivity index (χ1n) is 7.88. The summed E-state index contributed by atoms with van der Waals surface area (Å²) in [5.74, 6) is 0. The molecule has 0 N–H and O–H groups in total. The minimum atomic E-state index is 0.361. The minimum Gasteiger partial charge on any atom is -0.369 e. The summed E-state index contributed by atoms with van der Waals surface area (Å²) in [6.07, 6.45) is 3.39. The predicted molar refractivity (Wildman–Crippen MR) is 87.1 cm³/mol. The zero-order valence-electron chi connectivity index (χ0n) is 13.6. The molecular weight excluding hydrogens is 276 g/mol. The number of aryl methyl sites for hydroxylation is 2. The van der Waals surface area contributed by atoms with E-state index in [-0.39, 0.29) is 0 Å². The van der Waals surface area contributed by atoms with Crippen molar-refractivity contribution in [1.82, 2.24) is 24.6 Å². The van der Waals surface area contributed by atoms with Crippen molar-refractivity contribution in [2.75, 3.05) is 37.6 Å². The van der Waals surface area contributed by atoms with Crippen LogP contribution in [0.4, 0.5) is 5.69 Å². The summed E-state index contributed by atoms with van der Waals surface area (Å²) < 4.78 is 1.93. The normalized spacial score (nSPS) is 17.7. The van der Waals surface area contributed by atoms with Gasteiger partial charge in [0.2, 0.25) is 0 Å². The van der Waals surface area contributed by atoms with Gasteiger partial charge < -0.3 is 4.90 Å². The van der Waals surface area contributed by atoms with E-state index >= 15 is 0 Å². The van der Waals surface area contributed by atoms with Gasteiger partial charge in [0.25, 0.3) is 0 Å². The Balaban J connectivity index is 1.56. The van der Waals surface area contributed by atoms with Crippen LogP contribution in [-0.4, -0.2) is 57.4 Å². The summed E-state index contributed by atoms with van der Waals surface area (Å²) >= 11 is 0.